The molecule has 5 nitrogen and oxygen atoms in total. The fourth-order valence-electron chi connectivity index (χ4n) is 4.43. The third-order valence-corrected chi connectivity index (χ3v) is 6.95. The van der Waals surface area contributed by atoms with Crippen molar-refractivity contribution in [3.05, 3.63) is 47.3 Å². The van der Waals surface area contributed by atoms with Crippen molar-refractivity contribution < 1.29 is 4.42 Å². The second-order valence-corrected chi connectivity index (χ2v) is 8.52. The molecule has 2 aromatic rings. The molecule has 2 aliphatic heterocycles. The van der Waals surface area contributed by atoms with Gasteiger partial charge in [-0.3, -0.25) is 4.99 Å². The molecule has 2 aromatic heterocycles. The van der Waals surface area contributed by atoms with Crippen LogP contribution in [0.1, 0.15) is 62.8 Å². The van der Waals surface area contributed by atoms with Crippen LogP contribution in [-0.4, -0.2) is 21.1 Å². The van der Waals surface area contributed by atoms with E-state index in [1.54, 1.807) is 23.7 Å². The zero-order valence-electron chi connectivity index (χ0n) is 15.6. The number of thioether (sulfide) groups is 1. The van der Waals surface area contributed by atoms with Crippen molar-refractivity contribution in [2.75, 3.05) is 5.32 Å². The molecule has 3 aliphatic rings. The van der Waals surface area contributed by atoms with Gasteiger partial charge >= 0.3 is 0 Å². The highest BCUT2D eigenvalue weighted by molar-refractivity contribution is 8.00. The molecule has 0 spiro atoms. The fraction of sp³-hybridized carbons (Fsp3) is 0.476. The number of hydrogen-bond donors (Lipinski definition) is 1. The number of nitrogens with zero attached hydrogens (tertiary/aromatic N) is 3. The smallest absolute Gasteiger partial charge is 0.143 e. The average Bonchev–Trinajstić information content (AvgIpc) is 3.42. The van der Waals surface area contributed by atoms with Crippen LogP contribution in [-0.2, 0) is 6.54 Å². The van der Waals surface area contributed by atoms with Crippen molar-refractivity contribution in [1.82, 2.24) is 9.97 Å². The summed E-state index contributed by atoms with van der Waals surface area (Å²) < 4.78 is 5.44. The Hall–Kier alpha value is -2.08. The molecule has 27 heavy (non-hydrogen) atoms. The van der Waals surface area contributed by atoms with Gasteiger partial charge in [-0.05, 0) is 49.8 Å². The van der Waals surface area contributed by atoms with Crippen LogP contribution in [0.2, 0.25) is 0 Å². The first kappa shape index (κ1) is 17.0. The molecular formula is C21H24N4OS. The van der Waals surface area contributed by atoms with Crippen molar-refractivity contribution in [3.8, 4) is 0 Å². The van der Waals surface area contributed by atoms with Gasteiger partial charge in [0.25, 0.3) is 0 Å². The summed E-state index contributed by atoms with van der Waals surface area (Å²) in [5.74, 6) is 2.14. The molecule has 2 atom stereocenters. The van der Waals surface area contributed by atoms with Crippen molar-refractivity contribution in [1.29, 1.82) is 0 Å². The molecule has 0 unspecified atom stereocenters. The maximum absolute atomic E-state index is 5.44. The molecule has 4 heterocycles. The minimum atomic E-state index is 0.226. The lowest BCUT2D eigenvalue weighted by Crippen LogP contribution is -2.21. The van der Waals surface area contributed by atoms with Crippen LogP contribution in [0.25, 0.3) is 0 Å². The largest absolute Gasteiger partial charge is 0.467 e. The number of nitrogens with one attached hydrogen (secondary N) is 1. The van der Waals surface area contributed by atoms with Crippen molar-refractivity contribution >= 4 is 23.3 Å². The summed E-state index contributed by atoms with van der Waals surface area (Å²) in [6, 6.07) is 3.88. The first-order valence-corrected chi connectivity index (χ1v) is 10.8. The molecule has 0 aromatic carbocycles. The lowest BCUT2D eigenvalue weighted by molar-refractivity contribution is 0.517. The lowest BCUT2D eigenvalue weighted by atomic mass is 9.87. The quantitative estimate of drug-likeness (QED) is 0.734. The third kappa shape index (κ3) is 3.00. The summed E-state index contributed by atoms with van der Waals surface area (Å²) in [6.07, 6.45) is 10.6. The average molecular weight is 381 g/mol. The van der Waals surface area contributed by atoms with E-state index < -0.39 is 0 Å². The summed E-state index contributed by atoms with van der Waals surface area (Å²) >= 11 is 1.83. The topological polar surface area (TPSA) is 63.3 Å². The van der Waals surface area contributed by atoms with E-state index in [0.29, 0.717) is 12.5 Å². The number of aromatic nitrogens is 2. The highest BCUT2D eigenvalue weighted by Gasteiger charge is 2.44. The van der Waals surface area contributed by atoms with E-state index in [2.05, 4.69) is 17.2 Å². The summed E-state index contributed by atoms with van der Waals surface area (Å²) in [5.41, 5.74) is 5.67. The van der Waals surface area contributed by atoms with Crippen molar-refractivity contribution in [2.24, 2.45) is 4.99 Å². The van der Waals surface area contributed by atoms with E-state index in [-0.39, 0.29) is 5.37 Å². The Bertz CT molecular complexity index is 903. The summed E-state index contributed by atoms with van der Waals surface area (Å²) in [5, 5.41) is 3.66. The number of rotatable bonds is 6. The Morgan fingerprint density at radius 1 is 1.30 bits per heavy atom. The van der Waals surface area contributed by atoms with Crippen LogP contribution in [0.15, 0.2) is 50.2 Å². The van der Waals surface area contributed by atoms with E-state index in [9.17, 15) is 0 Å². The Balaban J connectivity index is 1.46. The maximum atomic E-state index is 5.44. The fourth-order valence-corrected chi connectivity index (χ4v) is 5.82. The van der Waals surface area contributed by atoms with Crippen LogP contribution in [0.4, 0.5) is 5.82 Å². The molecule has 0 amide bonds. The third-order valence-electron chi connectivity index (χ3n) is 5.69. The summed E-state index contributed by atoms with van der Waals surface area (Å²) in [7, 11) is 0. The van der Waals surface area contributed by atoms with Gasteiger partial charge in [0.2, 0.25) is 0 Å². The van der Waals surface area contributed by atoms with Gasteiger partial charge in [0.05, 0.1) is 29.3 Å². The van der Waals surface area contributed by atoms with Crippen molar-refractivity contribution in [2.45, 2.75) is 68.2 Å². The van der Waals surface area contributed by atoms with Gasteiger partial charge in [0, 0.05) is 5.71 Å². The van der Waals surface area contributed by atoms with E-state index >= 15 is 0 Å². The standard InChI is InChI=1S/C21H24N4OS/c1-2-3-9-16-14-7-4-8-15(14)17-18-19(27-21(17)25-16)20(24-12-23-18)22-11-13-6-5-10-26-13/h5-6,10,12,17,21H,2-4,7-9,11H2,1H3,(H,22,23,24)/t17-,21-/m1/s1. The number of furan rings is 1. The molecule has 0 saturated heterocycles. The first-order chi connectivity index (χ1) is 13.3. The zero-order chi connectivity index (χ0) is 18.2. The number of fused-ring (bicyclic) bond motifs is 4. The van der Waals surface area contributed by atoms with Gasteiger partial charge in [-0.15, -0.1) is 0 Å². The van der Waals surface area contributed by atoms with Crippen LogP contribution in [0, 0.1) is 0 Å². The molecule has 0 bridgehead atoms. The minimum absolute atomic E-state index is 0.226. The van der Waals surface area contributed by atoms with E-state index in [1.165, 1.54) is 42.7 Å². The predicted molar refractivity (Wildman–Crippen MR) is 108 cm³/mol. The number of anilines is 1. The molecule has 1 N–H and O–H groups in total. The molecule has 6 heteroatoms. The van der Waals surface area contributed by atoms with Crippen LogP contribution in [0.3, 0.4) is 0 Å². The van der Waals surface area contributed by atoms with Gasteiger partial charge in [-0.1, -0.05) is 30.7 Å². The SMILES string of the molecule is CCCCC1=N[C@@H]2Sc3c(NCc4ccco4)ncnc3[C@H]2C2=C1CCC2. The molecular weight excluding hydrogens is 356 g/mol. The zero-order valence-corrected chi connectivity index (χ0v) is 16.4. The van der Waals surface area contributed by atoms with Crippen LogP contribution in [0.5, 0.6) is 0 Å². The number of dihydropyridines is 1. The Labute approximate surface area is 163 Å². The van der Waals surface area contributed by atoms with Gasteiger partial charge in [-0.2, -0.15) is 0 Å². The number of hydrogen-bond acceptors (Lipinski definition) is 6. The van der Waals surface area contributed by atoms with Gasteiger partial charge in [0.1, 0.15) is 23.3 Å². The second kappa shape index (κ2) is 7.15. The maximum Gasteiger partial charge on any atom is 0.143 e. The summed E-state index contributed by atoms with van der Waals surface area (Å²) in [4.78, 5) is 15.6. The molecule has 0 fully saturated rings. The summed E-state index contributed by atoms with van der Waals surface area (Å²) in [6.45, 7) is 2.88. The molecule has 5 rings (SSSR count). The highest BCUT2D eigenvalue weighted by Crippen LogP contribution is 2.55. The normalized spacial score (nSPS) is 23.1. The van der Waals surface area contributed by atoms with E-state index in [4.69, 9.17) is 14.4 Å². The Kier molecular flexibility index (Phi) is 4.52. The first-order valence-electron chi connectivity index (χ1n) is 9.92. The Morgan fingerprint density at radius 2 is 2.26 bits per heavy atom. The molecule has 140 valence electrons. The van der Waals surface area contributed by atoms with Gasteiger partial charge < -0.3 is 9.73 Å². The molecule has 0 saturated carbocycles. The molecule has 0 radical (unpaired) electrons. The van der Waals surface area contributed by atoms with Crippen LogP contribution >= 0.6 is 11.8 Å². The number of unbranched alkanes of at least 4 members (excludes halogenated alkanes) is 1. The minimum Gasteiger partial charge on any atom is -0.467 e. The number of allylic oxidation sites excluding steroid dienone is 1. The second-order valence-electron chi connectivity index (χ2n) is 7.39. The Morgan fingerprint density at radius 3 is 3.11 bits per heavy atom. The van der Waals surface area contributed by atoms with Crippen molar-refractivity contribution in [3.63, 3.8) is 0 Å². The molecule has 1 aliphatic carbocycles. The predicted octanol–water partition coefficient (Wildman–Crippen LogP) is 5.32. The van der Waals surface area contributed by atoms with E-state index in [0.717, 1.165) is 23.7 Å². The van der Waals surface area contributed by atoms with E-state index in [1.807, 2.05) is 23.9 Å². The number of aliphatic imine (C=N–C) groups is 1. The van der Waals surface area contributed by atoms with Gasteiger partial charge in [-0.25, -0.2) is 9.97 Å². The highest BCUT2D eigenvalue weighted by atomic mass is 32.2. The van der Waals surface area contributed by atoms with Gasteiger partial charge in [0.15, 0.2) is 0 Å². The monoisotopic (exact) mass is 380 g/mol. The lowest BCUT2D eigenvalue weighted by Gasteiger charge is -2.26. The van der Waals surface area contributed by atoms with Crippen LogP contribution < -0.4 is 5.32 Å².